The molecule has 1 fully saturated rings. The largest absolute Gasteiger partial charge is 0.309 e. The number of hydrogen-bond acceptors (Lipinski definition) is 2. The third-order valence-electron chi connectivity index (χ3n) is 3.75. The van der Waals surface area contributed by atoms with Crippen LogP contribution in [0.3, 0.4) is 0 Å². The lowest BCUT2D eigenvalue weighted by atomic mass is 9.63. The minimum Gasteiger partial charge on any atom is -0.309 e. The summed E-state index contributed by atoms with van der Waals surface area (Å²) in [7, 11) is 0. The van der Waals surface area contributed by atoms with Crippen LogP contribution >= 0.6 is 27.3 Å². The summed E-state index contributed by atoms with van der Waals surface area (Å²) in [6.45, 7) is 10.6. The van der Waals surface area contributed by atoms with E-state index in [1.54, 1.807) is 0 Å². The van der Waals surface area contributed by atoms with Crippen molar-refractivity contribution in [2.75, 3.05) is 0 Å². The van der Waals surface area contributed by atoms with E-state index in [-0.39, 0.29) is 0 Å². The number of halogens is 1. The van der Waals surface area contributed by atoms with E-state index < -0.39 is 0 Å². The predicted octanol–water partition coefficient (Wildman–Crippen LogP) is 5.21. The minimum atomic E-state index is 0.468. The van der Waals surface area contributed by atoms with Gasteiger partial charge in [0.25, 0.3) is 0 Å². The molecule has 0 spiro atoms. The lowest BCUT2D eigenvalue weighted by Crippen LogP contribution is -2.43. The molecule has 3 heteroatoms. The Kier molecular flexibility index (Phi) is 4.25. The van der Waals surface area contributed by atoms with Crippen molar-refractivity contribution in [3.05, 3.63) is 20.8 Å². The molecule has 18 heavy (non-hydrogen) atoms. The fourth-order valence-corrected chi connectivity index (χ4v) is 5.12. The minimum absolute atomic E-state index is 0.468. The van der Waals surface area contributed by atoms with Gasteiger partial charge >= 0.3 is 0 Å². The van der Waals surface area contributed by atoms with Crippen LogP contribution in [0.15, 0.2) is 15.9 Å². The van der Waals surface area contributed by atoms with Gasteiger partial charge in [0.05, 0.1) is 3.79 Å². The van der Waals surface area contributed by atoms with Crippen LogP contribution in [0.4, 0.5) is 0 Å². The van der Waals surface area contributed by atoms with E-state index in [0.717, 1.165) is 6.54 Å². The number of thiophene rings is 1. The zero-order chi connectivity index (χ0) is 13.4. The van der Waals surface area contributed by atoms with Gasteiger partial charge in [-0.25, -0.2) is 0 Å². The molecule has 1 nitrogen and oxygen atoms in total. The van der Waals surface area contributed by atoms with E-state index in [1.807, 2.05) is 11.3 Å². The van der Waals surface area contributed by atoms with Crippen molar-refractivity contribution in [2.45, 2.75) is 59.5 Å². The van der Waals surface area contributed by atoms with Gasteiger partial charge in [0, 0.05) is 17.5 Å². The Morgan fingerprint density at radius 3 is 2.33 bits per heavy atom. The highest BCUT2D eigenvalue weighted by Gasteiger charge is 2.38. The van der Waals surface area contributed by atoms with Gasteiger partial charge in [-0.1, -0.05) is 27.7 Å². The Labute approximate surface area is 123 Å². The Hall–Kier alpha value is 0.140. The highest BCUT2D eigenvalue weighted by molar-refractivity contribution is 9.11. The molecule has 1 N–H and O–H groups in total. The summed E-state index contributed by atoms with van der Waals surface area (Å²) in [6, 6.07) is 5.00. The second kappa shape index (κ2) is 5.26. The van der Waals surface area contributed by atoms with E-state index in [1.165, 1.54) is 27.9 Å². The first-order valence-electron chi connectivity index (χ1n) is 6.73. The molecule has 0 unspecified atom stereocenters. The Balaban J connectivity index is 1.93. The third-order valence-corrected chi connectivity index (χ3v) is 5.37. The van der Waals surface area contributed by atoms with Crippen LogP contribution in [0.2, 0.25) is 0 Å². The van der Waals surface area contributed by atoms with Gasteiger partial charge in [-0.2, -0.15) is 0 Å². The Morgan fingerprint density at radius 1 is 1.22 bits per heavy atom. The molecule has 1 heterocycles. The maximum atomic E-state index is 3.75. The van der Waals surface area contributed by atoms with Gasteiger partial charge in [0.15, 0.2) is 0 Å². The maximum Gasteiger partial charge on any atom is 0.0701 e. The summed E-state index contributed by atoms with van der Waals surface area (Å²) in [5.74, 6) is 0. The first kappa shape index (κ1) is 14.5. The molecule has 0 aliphatic heterocycles. The fraction of sp³-hybridized carbons (Fsp3) is 0.733. The average molecular weight is 330 g/mol. The molecule has 102 valence electrons. The monoisotopic (exact) mass is 329 g/mol. The highest BCUT2D eigenvalue weighted by atomic mass is 79.9. The normalized spacial score (nSPS) is 23.2. The maximum absolute atomic E-state index is 3.75. The van der Waals surface area contributed by atoms with Crippen molar-refractivity contribution >= 4 is 27.3 Å². The van der Waals surface area contributed by atoms with Crippen molar-refractivity contribution in [2.24, 2.45) is 10.8 Å². The smallest absolute Gasteiger partial charge is 0.0701 e. The summed E-state index contributed by atoms with van der Waals surface area (Å²) < 4.78 is 1.23. The highest BCUT2D eigenvalue weighted by Crippen LogP contribution is 2.45. The van der Waals surface area contributed by atoms with E-state index in [4.69, 9.17) is 0 Å². The molecule has 0 atom stereocenters. The molecule has 0 radical (unpaired) electrons. The summed E-state index contributed by atoms with van der Waals surface area (Å²) in [4.78, 5) is 1.42. The molecule has 1 aromatic rings. The van der Waals surface area contributed by atoms with Crippen molar-refractivity contribution in [1.82, 2.24) is 5.32 Å². The van der Waals surface area contributed by atoms with Gasteiger partial charge in [-0.05, 0) is 58.2 Å². The van der Waals surface area contributed by atoms with Crippen LogP contribution in [0.1, 0.15) is 51.8 Å². The molecule has 1 aromatic heterocycles. The van der Waals surface area contributed by atoms with E-state index in [0.29, 0.717) is 16.9 Å². The number of hydrogen-bond donors (Lipinski definition) is 1. The van der Waals surface area contributed by atoms with Crippen molar-refractivity contribution < 1.29 is 0 Å². The van der Waals surface area contributed by atoms with Crippen LogP contribution in [0, 0.1) is 10.8 Å². The van der Waals surface area contributed by atoms with E-state index in [2.05, 4.69) is 61.1 Å². The van der Waals surface area contributed by atoms with Gasteiger partial charge < -0.3 is 5.32 Å². The third kappa shape index (κ3) is 4.07. The fourth-order valence-electron chi connectivity index (χ4n) is 3.68. The number of nitrogens with one attached hydrogen (secondary N) is 1. The molecule has 0 aromatic carbocycles. The van der Waals surface area contributed by atoms with Crippen LogP contribution in [-0.2, 0) is 6.54 Å². The second-order valence-electron chi connectivity index (χ2n) is 7.20. The topological polar surface area (TPSA) is 12.0 Å². The van der Waals surface area contributed by atoms with E-state index >= 15 is 0 Å². The zero-order valence-corrected chi connectivity index (χ0v) is 14.2. The molecule has 0 saturated heterocycles. The molecule has 1 saturated carbocycles. The van der Waals surface area contributed by atoms with Crippen LogP contribution in [-0.4, -0.2) is 6.04 Å². The van der Waals surface area contributed by atoms with Gasteiger partial charge in [0.2, 0.25) is 0 Å². The molecule has 2 rings (SSSR count). The summed E-state index contributed by atoms with van der Waals surface area (Å²) in [6.07, 6.45) is 3.93. The van der Waals surface area contributed by atoms with Crippen LogP contribution < -0.4 is 5.32 Å². The molecular weight excluding hydrogens is 306 g/mol. The Bertz CT molecular complexity index is 392. The van der Waals surface area contributed by atoms with Gasteiger partial charge in [-0.3, -0.25) is 0 Å². The number of rotatable bonds is 3. The van der Waals surface area contributed by atoms with Crippen molar-refractivity contribution in [1.29, 1.82) is 0 Å². The zero-order valence-electron chi connectivity index (χ0n) is 11.8. The molecular formula is C15H24BrNS. The van der Waals surface area contributed by atoms with Crippen molar-refractivity contribution in [3.8, 4) is 0 Å². The standard InChI is InChI=1S/C15H24BrNS/c1-14(2)7-11(8-15(3,4)10-14)17-9-12-5-6-13(16)18-12/h5-6,11,17H,7-10H2,1-4H3. The summed E-state index contributed by atoms with van der Waals surface area (Å²) in [5, 5.41) is 3.75. The van der Waals surface area contributed by atoms with Gasteiger partial charge in [0.1, 0.15) is 0 Å². The molecule has 1 aliphatic carbocycles. The van der Waals surface area contributed by atoms with Crippen molar-refractivity contribution in [3.63, 3.8) is 0 Å². The SMILES string of the molecule is CC1(C)CC(NCc2ccc(Br)s2)CC(C)(C)C1. The Morgan fingerprint density at radius 2 is 1.83 bits per heavy atom. The van der Waals surface area contributed by atoms with Gasteiger partial charge in [-0.15, -0.1) is 11.3 Å². The summed E-state index contributed by atoms with van der Waals surface area (Å²) >= 11 is 5.36. The average Bonchev–Trinajstić information content (AvgIpc) is 2.56. The molecule has 0 amide bonds. The first-order valence-corrected chi connectivity index (χ1v) is 8.34. The second-order valence-corrected chi connectivity index (χ2v) is 9.74. The van der Waals surface area contributed by atoms with E-state index in [9.17, 15) is 0 Å². The quantitative estimate of drug-likeness (QED) is 0.803. The lowest BCUT2D eigenvalue weighted by Gasteiger charge is -2.45. The summed E-state index contributed by atoms with van der Waals surface area (Å²) in [5.41, 5.74) is 0.935. The lowest BCUT2D eigenvalue weighted by molar-refractivity contribution is 0.0846. The van der Waals surface area contributed by atoms with Crippen LogP contribution in [0.5, 0.6) is 0 Å². The molecule has 1 aliphatic rings. The van der Waals surface area contributed by atoms with Crippen LogP contribution in [0.25, 0.3) is 0 Å². The first-order chi connectivity index (χ1) is 8.26. The predicted molar refractivity (Wildman–Crippen MR) is 84.1 cm³/mol. The molecule has 0 bridgehead atoms.